The molecule has 0 N–H and O–H groups in total. The SMILES string of the molecule is CC(C)c1cc(C2=Cc3ccccc3[CH]2)c2ccccc2c1. The zero-order valence-corrected chi connectivity index (χ0v) is 13.0. The van der Waals surface area contributed by atoms with Crippen LogP contribution in [0.4, 0.5) is 0 Å². The second-order valence-corrected chi connectivity index (χ2v) is 6.32. The molecule has 0 saturated heterocycles. The van der Waals surface area contributed by atoms with E-state index in [0.29, 0.717) is 5.92 Å². The van der Waals surface area contributed by atoms with Gasteiger partial charge >= 0.3 is 0 Å². The van der Waals surface area contributed by atoms with Gasteiger partial charge in [0.15, 0.2) is 0 Å². The van der Waals surface area contributed by atoms with Crippen molar-refractivity contribution in [2.45, 2.75) is 19.8 Å². The Hall–Kier alpha value is -2.34. The third-order valence-electron chi connectivity index (χ3n) is 4.48. The van der Waals surface area contributed by atoms with E-state index in [-0.39, 0.29) is 0 Å². The summed E-state index contributed by atoms with van der Waals surface area (Å²) in [6.45, 7) is 4.52. The first-order chi connectivity index (χ1) is 10.7. The summed E-state index contributed by atoms with van der Waals surface area (Å²) in [7, 11) is 0. The average molecular weight is 283 g/mol. The third kappa shape index (κ3) is 2.16. The van der Waals surface area contributed by atoms with Crippen molar-refractivity contribution in [3.8, 4) is 0 Å². The molecule has 0 atom stereocenters. The van der Waals surface area contributed by atoms with Crippen LogP contribution in [0.2, 0.25) is 0 Å². The van der Waals surface area contributed by atoms with Crippen molar-refractivity contribution < 1.29 is 0 Å². The van der Waals surface area contributed by atoms with Gasteiger partial charge in [-0.05, 0) is 44.5 Å². The van der Waals surface area contributed by atoms with Gasteiger partial charge in [-0.1, -0.05) is 80.6 Å². The molecule has 0 amide bonds. The number of hydrogen-bond donors (Lipinski definition) is 0. The van der Waals surface area contributed by atoms with Crippen LogP contribution in [0.5, 0.6) is 0 Å². The molecule has 1 aliphatic carbocycles. The second-order valence-electron chi connectivity index (χ2n) is 6.32. The van der Waals surface area contributed by atoms with E-state index in [0.717, 1.165) is 0 Å². The van der Waals surface area contributed by atoms with Crippen LogP contribution < -0.4 is 0 Å². The van der Waals surface area contributed by atoms with Crippen LogP contribution in [0, 0.1) is 6.42 Å². The second kappa shape index (κ2) is 5.14. The molecule has 1 aliphatic rings. The summed E-state index contributed by atoms with van der Waals surface area (Å²) in [4.78, 5) is 0. The summed E-state index contributed by atoms with van der Waals surface area (Å²) in [5.41, 5.74) is 6.70. The first-order valence-electron chi connectivity index (χ1n) is 7.91. The van der Waals surface area contributed by atoms with E-state index in [2.05, 4.69) is 87.0 Å². The monoisotopic (exact) mass is 283 g/mol. The molecule has 4 rings (SSSR count). The summed E-state index contributed by atoms with van der Waals surface area (Å²) in [5, 5.41) is 2.66. The van der Waals surface area contributed by atoms with Crippen molar-refractivity contribution in [2.24, 2.45) is 0 Å². The lowest BCUT2D eigenvalue weighted by atomic mass is 9.91. The first-order valence-corrected chi connectivity index (χ1v) is 7.91. The maximum Gasteiger partial charge on any atom is 0.0211 e. The Morgan fingerprint density at radius 2 is 1.50 bits per heavy atom. The average Bonchev–Trinajstić information content (AvgIpc) is 2.97. The van der Waals surface area contributed by atoms with Gasteiger partial charge in [0.2, 0.25) is 0 Å². The summed E-state index contributed by atoms with van der Waals surface area (Å²) in [6.07, 6.45) is 4.61. The molecule has 0 nitrogen and oxygen atoms in total. The highest BCUT2D eigenvalue weighted by Crippen LogP contribution is 2.37. The van der Waals surface area contributed by atoms with Gasteiger partial charge in [-0.25, -0.2) is 0 Å². The topological polar surface area (TPSA) is 0 Å². The minimum absolute atomic E-state index is 0.535. The van der Waals surface area contributed by atoms with E-state index >= 15 is 0 Å². The number of hydrogen-bond acceptors (Lipinski definition) is 0. The summed E-state index contributed by atoms with van der Waals surface area (Å²) >= 11 is 0. The van der Waals surface area contributed by atoms with E-state index in [9.17, 15) is 0 Å². The fraction of sp³-hybridized carbons (Fsp3) is 0.136. The number of fused-ring (bicyclic) bond motifs is 2. The van der Waals surface area contributed by atoms with Crippen LogP contribution in [-0.2, 0) is 0 Å². The van der Waals surface area contributed by atoms with Gasteiger partial charge in [-0.3, -0.25) is 0 Å². The van der Waals surface area contributed by atoms with Gasteiger partial charge in [0.25, 0.3) is 0 Å². The van der Waals surface area contributed by atoms with Crippen molar-refractivity contribution in [3.63, 3.8) is 0 Å². The molecule has 0 aliphatic heterocycles. The highest BCUT2D eigenvalue weighted by molar-refractivity contribution is 6.04. The quantitative estimate of drug-likeness (QED) is 0.535. The number of rotatable bonds is 2. The molecule has 0 fully saturated rings. The molecule has 3 aromatic rings. The van der Waals surface area contributed by atoms with E-state index in [1.165, 1.54) is 38.6 Å². The van der Waals surface area contributed by atoms with Crippen LogP contribution >= 0.6 is 0 Å². The molecule has 0 bridgehead atoms. The van der Waals surface area contributed by atoms with Crippen molar-refractivity contribution in [2.75, 3.05) is 0 Å². The van der Waals surface area contributed by atoms with E-state index < -0.39 is 0 Å². The van der Waals surface area contributed by atoms with Crippen LogP contribution in [0.15, 0.2) is 60.7 Å². The predicted molar refractivity (Wildman–Crippen MR) is 95.8 cm³/mol. The van der Waals surface area contributed by atoms with Gasteiger partial charge in [0.1, 0.15) is 0 Å². The summed E-state index contributed by atoms with van der Waals surface area (Å²) < 4.78 is 0. The van der Waals surface area contributed by atoms with Crippen molar-refractivity contribution >= 4 is 22.4 Å². The van der Waals surface area contributed by atoms with Gasteiger partial charge in [-0.2, -0.15) is 0 Å². The molecule has 107 valence electrons. The molecule has 0 heteroatoms. The lowest BCUT2D eigenvalue weighted by molar-refractivity contribution is 0.868. The molecule has 22 heavy (non-hydrogen) atoms. The first kappa shape index (κ1) is 13.3. The fourth-order valence-electron chi connectivity index (χ4n) is 3.21. The van der Waals surface area contributed by atoms with Gasteiger partial charge < -0.3 is 0 Å². The van der Waals surface area contributed by atoms with Crippen LogP contribution in [0.25, 0.3) is 22.4 Å². The normalized spacial score (nSPS) is 13.5. The molecule has 1 radical (unpaired) electrons. The third-order valence-corrected chi connectivity index (χ3v) is 4.48. The molecule has 0 aromatic heterocycles. The molecule has 0 unspecified atom stereocenters. The Bertz CT molecular complexity index is 881. The predicted octanol–water partition coefficient (Wildman–Crippen LogP) is 6.07. The van der Waals surface area contributed by atoms with Crippen molar-refractivity contribution in [3.05, 3.63) is 89.3 Å². The maximum absolute atomic E-state index is 2.36. The lowest BCUT2D eigenvalue weighted by Crippen LogP contribution is -1.93. The standard InChI is InChI=1S/C22H19/c1-15(2)19-13-18-9-5-6-10-21(18)22(14-19)20-11-16-7-3-4-8-17(16)12-20/h3-15H,1-2H3. The minimum atomic E-state index is 0.535. The summed E-state index contributed by atoms with van der Waals surface area (Å²) in [5.74, 6) is 0.535. The number of benzene rings is 3. The van der Waals surface area contributed by atoms with Gasteiger partial charge in [0.05, 0.1) is 0 Å². The summed E-state index contributed by atoms with van der Waals surface area (Å²) in [6, 6.07) is 22.0. The van der Waals surface area contributed by atoms with Crippen LogP contribution in [0.1, 0.15) is 42.0 Å². The lowest BCUT2D eigenvalue weighted by Gasteiger charge is -2.13. The molecule has 0 heterocycles. The van der Waals surface area contributed by atoms with E-state index in [4.69, 9.17) is 0 Å². The van der Waals surface area contributed by atoms with Gasteiger partial charge in [-0.15, -0.1) is 0 Å². The van der Waals surface area contributed by atoms with E-state index in [1.807, 2.05) is 0 Å². The smallest absolute Gasteiger partial charge is 0.0211 e. The van der Waals surface area contributed by atoms with Crippen LogP contribution in [-0.4, -0.2) is 0 Å². The molecule has 0 saturated carbocycles. The Kier molecular flexibility index (Phi) is 3.11. The molecule has 0 spiro atoms. The van der Waals surface area contributed by atoms with Crippen molar-refractivity contribution in [1.82, 2.24) is 0 Å². The van der Waals surface area contributed by atoms with Crippen molar-refractivity contribution in [1.29, 1.82) is 0 Å². The molecule has 3 aromatic carbocycles. The Morgan fingerprint density at radius 1 is 0.773 bits per heavy atom. The Balaban J connectivity index is 1.92. The Labute approximate surface area is 132 Å². The van der Waals surface area contributed by atoms with Gasteiger partial charge in [0, 0.05) is 6.42 Å². The largest absolute Gasteiger partial charge is 0.0619 e. The highest BCUT2D eigenvalue weighted by Gasteiger charge is 2.17. The highest BCUT2D eigenvalue weighted by atomic mass is 14.2. The molecular formula is C22H19. The maximum atomic E-state index is 2.36. The fourth-order valence-corrected chi connectivity index (χ4v) is 3.21. The van der Waals surface area contributed by atoms with Crippen LogP contribution in [0.3, 0.4) is 0 Å². The molecular weight excluding hydrogens is 264 g/mol. The zero-order valence-electron chi connectivity index (χ0n) is 13.0. The zero-order chi connectivity index (χ0) is 15.1. The minimum Gasteiger partial charge on any atom is -0.0619 e. The van der Waals surface area contributed by atoms with E-state index in [1.54, 1.807) is 0 Å². The Morgan fingerprint density at radius 3 is 2.27 bits per heavy atom. The number of allylic oxidation sites excluding steroid dienone is 1.